The van der Waals surface area contributed by atoms with E-state index in [4.69, 9.17) is 16.3 Å². The number of carbonyl (C=O) groups is 1. The van der Waals surface area contributed by atoms with Gasteiger partial charge in [0, 0.05) is 43.1 Å². The van der Waals surface area contributed by atoms with E-state index in [0.717, 1.165) is 49.2 Å². The maximum atomic E-state index is 11.9. The van der Waals surface area contributed by atoms with Crippen molar-refractivity contribution >= 4 is 28.5 Å². The second-order valence-corrected chi connectivity index (χ2v) is 6.45. The van der Waals surface area contributed by atoms with Gasteiger partial charge in [-0.05, 0) is 37.7 Å². The lowest BCUT2D eigenvalue weighted by Gasteiger charge is -2.32. The highest BCUT2D eigenvalue weighted by Gasteiger charge is 2.18. The van der Waals surface area contributed by atoms with Gasteiger partial charge in [-0.15, -0.1) is 0 Å². The molecular formula is C17H22ClN3O2. The first-order valence-electron chi connectivity index (χ1n) is 7.96. The number of aromatic nitrogens is 1. The standard InChI is InChI=1S/C17H22ClN3O2/c1-3-23-17(22)15-10-12-8-14(18)9-13(16(12)19-15)11-21-6-4-20(2)5-7-21/h8-10,19H,3-7,11H2,1-2H3. The summed E-state index contributed by atoms with van der Waals surface area (Å²) >= 11 is 6.26. The molecule has 0 bridgehead atoms. The van der Waals surface area contributed by atoms with Crippen LogP contribution >= 0.6 is 11.6 Å². The highest BCUT2D eigenvalue weighted by Crippen LogP contribution is 2.26. The summed E-state index contributed by atoms with van der Waals surface area (Å²) in [5.74, 6) is -0.328. The molecule has 3 rings (SSSR count). The second-order valence-electron chi connectivity index (χ2n) is 6.01. The first kappa shape index (κ1) is 16.3. The maximum Gasteiger partial charge on any atom is 0.354 e. The van der Waals surface area contributed by atoms with Gasteiger partial charge in [0.25, 0.3) is 0 Å². The van der Waals surface area contributed by atoms with Crippen molar-refractivity contribution in [3.05, 3.63) is 34.5 Å². The van der Waals surface area contributed by atoms with E-state index in [1.54, 1.807) is 6.92 Å². The molecule has 1 saturated heterocycles. The van der Waals surface area contributed by atoms with Gasteiger partial charge in [0.1, 0.15) is 5.69 Å². The Balaban J connectivity index is 1.88. The number of H-pyrrole nitrogens is 1. The lowest BCUT2D eigenvalue weighted by atomic mass is 10.1. The van der Waals surface area contributed by atoms with Gasteiger partial charge in [-0.2, -0.15) is 0 Å². The maximum absolute atomic E-state index is 11.9. The Morgan fingerprint density at radius 3 is 2.70 bits per heavy atom. The highest BCUT2D eigenvalue weighted by molar-refractivity contribution is 6.31. The summed E-state index contributed by atoms with van der Waals surface area (Å²) in [6.07, 6.45) is 0. The van der Waals surface area contributed by atoms with Crippen LogP contribution in [-0.2, 0) is 11.3 Å². The van der Waals surface area contributed by atoms with Crippen LogP contribution in [0.5, 0.6) is 0 Å². The molecule has 0 aliphatic carbocycles. The first-order chi connectivity index (χ1) is 11.1. The Labute approximate surface area is 141 Å². The fraction of sp³-hybridized carbons (Fsp3) is 0.471. The molecule has 1 fully saturated rings. The molecule has 6 heteroatoms. The molecule has 0 unspecified atom stereocenters. The van der Waals surface area contributed by atoms with Crippen molar-refractivity contribution < 1.29 is 9.53 Å². The number of esters is 1. The number of benzene rings is 1. The van der Waals surface area contributed by atoms with E-state index in [1.165, 1.54) is 0 Å². The molecule has 1 aromatic heterocycles. The fourth-order valence-corrected chi connectivity index (χ4v) is 3.22. The summed E-state index contributed by atoms with van der Waals surface area (Å²) in [6, 6.07) is 5.67. The summed E-state index contributed by atoms with van der Waals surface area (Å²) in [4.78, 5) is 19.9. The summed E-state index contributed by atoms with van der Waals surface area (Å²) < 4.78 is 5.07. The minimum absolute atomic E-state index is 0.328. The minimum atomic E-state index is -0.328. The predicted molar refractivity (Wildman–Crippen MR) is 92.0 cm³/mol. The van der Waals surface area contributed by atoms with Crippen molar-refractivity contribution in [3.8, 4) is 0 Å². The molecule has 0 saturated carbocycles. The average molecular weight is 336 g/mol. The molecule has 0 radical (unpaired) electrons. The van der Waals surface area contributed by atoms with Crippen LogP contribution in [-0.4, -0.2) is 60.6 Å². The third-order valence-corrected chi connectivity index (χ3v) is 4.48. The van der Waals surface area contributed by atoms with Crippen molar-refractivity contribution in [2.75, 3.05) is 39.8 Å². The van der Waals surface area contributed by atoms with Gasteiger partial charge in [0.2, 0.25) is 0 Å². The number of nitrogens with zero attached hydrogens (tertiary/aromatic N) is 2. The number of hydrogen-bond acceptors (Lipinski definition) is 4. The number of rotatable bonds is 4. The van der Waals surface area contributed by atoms with Crippen LogP contribution in [0.2, 0.25) is 5.02 Å². The number of halogens is 1. The monoisotopic (exact) mass is 335 g/mol. The second kappa shape index (κ2) is 6.91. The van der Waals surface area contributed by atoms with Crippen LogP contribution in [0.3, 0.4) is 0 Å². The Bertz CT molecular complexity index is 705. The van der Waals surface area contributed by atoms with E-state index >= 15 is 0 Å². The van der Waals surface area contributed by atoms with Crippen LogP contribution in [0.1, 0.15) is 23.0 Å². The zero-order valence-electron chi connectivity index (χ0n) is 13.6. The zero-order valence-corrected chi connectivity index (χ0v) is 14.3. The van der Waals surface area contributed by atoms with Gasteiger partial charge in [-0.3, -0.25) is 4.90 Å². The van der Waals surface area contributed by atoms with Crippen LogP contribution in [0, 0.1) is 0 Å². The van der Waals surface area contributed by atoms with E-state index in [-0.39, 0.29) is 5.97 Å². The number of hydrogen-bond donors (Lipinski definition) is 1. The van der Waals surface area contributed by atoms with Gasteiger partial charge in [-0.1, -0.05) is 11.6 Å². The van der Waals surface area contributed by atoms with Crippen molar-refractivity contribution in [1.29, 1.82) is 0 Å². The van der Waals surface area contributed by atoms with Crippen LogP contribution in [0.4, 0.5) is 0 Å². The van der Waals surface area contributed by atoms with E-state index in [2.05, 4.69) is 21.8 Å². The normalized spacial score (nSPS) is 16.8. The molecule has 2 heterocycles. The average Bonchev–Trinajstić information content (AvgIpc) is 2.94. The van der Waals surface area contributed by atoms with Crippen LogP contribution in [0.25, 0.3) is 10.9 Å². The van der Waals surface area contributed by atoms with Gasteiger partial charge in [0.05, 0.1) is 12.1 Å². The molecule has 5 nitrogen and oxygen atoms in total. The van der Waals surface area contributed by atoms with Gasteiger partial charge in [0.15, 0.2) is 0 Å². The molecule has 0 atom stereocenters. The third-order valence-electron chi connectivity index (χ3n) is 4.26. The minimum Gasteiger partial charge on any atom is -0.461 e. The topological polar surface area (TPSA) is 48.6 Å². The lowest BCUT2D eigenvalue weighted by molar-refractivity contribution is 0.0520. The summed E-state index contributed by atoms with van der Waals surface area (Å²) in [6.45, 7) is 7.21. The number of fused-ring (bicyclic) bond motifs is 1. The first-order valence-corrected chi connectivity index (χ1v) is 8.33. The summed E-state index contributed by atoms with van der Waals surface area (Å²) in [7, 11) is 2.14. The number of likely N-dealkylation sites (N-methyl/N-ethyl adjacent to an activating group) is 1. The molecular weight excluding hydrogens is 314 g/mol. The SMILES string of the molecule is CCOC(=O)c1cc2cc(Cl)cc(CN3CCN(C)CC3)c2[nH]1. The van der Waals surface area contributed by atoms with Crippen LogP contribution < -0.4 is 0 Å². The number of aromatic amines is 1. The Morgan fingerprint density at radius 2 is 2.00 bits per heavy atom. The number of carbonyl (C=O) groups excluding carboxylic acids is 1. The lowest BCUT2D eigenvalue weighted by Crippen LogP contribution is -2.43. The van der Waals surface area contributed by atoms with E-state index in [1.807, 2.05) is 18.2 Å². The van der Waals surface area contributed by atoms with Crippen molar-refractivity contribution in [2.45, 2.75) is 13.5 Å². The molecule has 1 aromatic carbocycles. The van der Waals surface area contributed by atoms with E-state index in [0.29, 0.717) is 17.3 Å². The molecule has 2 aromatic rings. The number of nitrogens with one attached hydrogen (secondary N) is 1. The predicted octanol–water partition coefficient (Wildman–Crippen LogP) is 2.75. The highest BCUT2D eigenvalue weighted by atomic mass is 35.5. The fourth-order valence-electron chi connectivity index (χ4n) is 2.97. The quantitative estimate of drug-likeness (QED) is 0.873. The van der Waals surface area contributed by atoms with Crippen LogP contribution in [0.15, 0.2) is 18.2 Å². The summed E-state index contributed by atoms with van der Waals surface area (Å²) in [5.41, 5.74) is 2.56. The molecule has 124 valence electrons. The molecule has 1 aliphatic heterocycles. The Morgan fingerprint density at radius 1 is 1.26 bits per heavy atom. The van der Waals surface area contributed by atoms with E-state index in [9.17, 15) is 4.79 Å². The summed E-state index contributed by atoms with van der Waals surface area (Å²) in [5, 5.41) is 1.64. The molecule has 23 heavy (non-hydrogen) atoms. The smallest absolute Gasteiger partial charge is 0.354 e. The molecule has 0 spiro atoms. The van der Waals surface area contributed by atoms with Gasteiger partial charge in [-0.25, -0.2) is 4.79 Å². The third kappa shape index (κ3) is 3.68. The van der Waals surface area contributed by atoms with Crippen molar-refractivity contribution in [3.63, 3.8) is 0 Å². The van der Waals surface area contributed by atoms with Gasteiger partial charge < -0.3 is 14.6 Å². The van der Waals surface area contributed by atoms with Gasteiger partial charge >= 0.3 is 5.97 Å². The molecule has 1 N–H and O–H groups in total. The molecule has 0 amide bonds. The largest absolute Gasteiger partial charge is 0.461 e. The Hall–Kier alpha value is -1.56. The Kier molecular flexibility index (Phi) is 4.90. The van der Waals surface area contributed by atoms with Crippen molar-refractivity contribution in [1.82, 2.24) is 14.8 Å². The zero-order chi connectivity index (χ0) is 16.4. The number of piperazine rings is 1. The molecule has 1 aliphatic rings. The number of ether oxygens (including phenoxy) is 1. The van der Waals surface area contributed by atoms with E-state index < -0.39 is 0 Å². The van der Waals surface area contributed by atoms with Crippen molar-refractivity contribution in [2.24, 2.45) is 0 Å².